The fourth-order valence-corrected chi connectivity index (χ4v) is 3.09. The summed E-state index contributed by atoms with van der Waals surface area (Å²) >= 11 is 0.990. The van der Waals surface area contributed by atoms with Gasteiger partial charge in [0.05, 0.1) is 12.1 Å². The average molecular weight is 284 g/mol. The summed E-state index contributed by atoms with van der Waals surface area (Å²) < 4.78 is 14.7. The van der Waals surface area contributed by atoms with Gasteiger partial charge in [-0.1, -0.05) is 0 Å². The molecule has 1 aromatic rings. The van der Waals surface area contributed by atoms with E-state index in [-0.39, 0.29) is 30.0 Å². The lowest BCUT2D eigenvalue weighted by Gasteiger charge is -2.35. The molecule has 0 spiro atoms. The lowest BCUT2D eigenvalue weighted by Crippen LogP contribution is -2.60. The summed E-state index contributed by atoms with van der Waals surface area (Å²) in [6.45, 7) is -0.165. The first-order valence-corrected chi connectivity index (χ1v) is 6.46. The minimum absolute atomic E-state index is 0.0539. The predicted molar refractivity (Wildman–Crippen MR) is 62.1 cm³/mol. The van der Waals surface area contributed by atoms with Crippen LogP contribution < -0.4 is 5.32 Å². The molecular formula is C11H9FN2O4S. The van der Waals surface area contributed by atoms with Gasteiger partial charge in [0.25, 0.3) is 17.6 Å². The first kappa shape index (κ1) is 12.1. The summed E-state index contributed by atoms with van der Waals surface area (Å²) in [5.41, 5.74) is 0.543. The van der Waals surface area contributed by atoms with E-state index in [0.29, 0.717) is 5.56 Å². The number of halogens is 1. The summed E-state index contributed by atoms with van der Waals surface area (Å²) in [6, 6.07) is 0. The lowest BCUT2D eigenvalue weighted by atomic mass is 10.0. The largest absolute Gasteiger partial charge is 0.499 e. The van der Waals surface area contributed by atoms with E-state index in [1.165, 1.54) is 5.38 Å². The number of carbonyl (C=O) groups is 3. The first-order chi connectivity index (χ1) is 8.93. The molecule has 3 rings (SSSR count). The number of amides is 3. The topological polar surface area (TPSA) is 86.7 Å². The zero-order chi connectivity index (χ0) is 13.8. The number of fused-ring (bicyclic) bond motifs is 1. The van der Waals surface area contributed by atoms with Gasteiger partial charge in [-0.25, -0.2) is 4.39 Å². The van der Waals surface area contributed by atoms with Crippen LogP contribution in [0.5, 0.6) is 5.06 Å². The number of hydrogen-bond acceptors (Lipinski definition) is 5. The molecule has 8 heteroatoms. The van der Waals surface area contributed by atoms with E-state index >= 15 is 0 Å². The van der Waals surface area contributed by atoms with Crippen molar-refractivity contribution in [2.45, 2.75) is 25.2 Å². The van der Waals surface area contributed by atoms with Crippen LogP contribution in [0.15, 0.2) is 5.38 Å². The van der Waals surface area contributed by atoms with Gasteiger partial charge in [-0.15, -0.1) is 11.3 Å². The highest BCUT2D eigenvalue weighted by Gasteiger charge is 2.53. The van der Waals surface area contributed by atoms with E-state index in [4.69, 9.17) is 0 Å². The van der Waals surface area contributed by atoms with Gasteiger partial charge in [-0.3, -0.25) is 24.6 Å². The Morgan fingerprint density at radius 2 is 2.16 bits per heavy atom. The van der Waals surface area contributed by atoms with Crippen LogP contribution in [-0.2, 0) is 16.1 Å². The Morgan fingerprint density at radius 3 is 2.79 bits per heavy atom. The smallest absolute Gasteiger partial charge is 0.285 e. The molecule has 1 fully saturated rings. The summed E-state index contributed by atoms with van der Waals surface area (Å²) in [5.74, 6) is -4.85. The van der Waals surface area contributed by atoms with Crippen LogP contribution in [0.4, 0.5) is 4.39 Å². The van der Waals surface area contributed by atoms with Crippen LogP contribution in [0.25, 0.3) is 0 Å². The van der Waals surface area contributed by atoms with Gasteiger partial charge in [0.1, 0.15) is 0 Å². The number of piperidine rings is 1. The van der Waals surface area contributed by atoms with Crippen molar-refractivity contribution in [1.82, 2.24) is 10.2 Å². The van der Waals surface area contributed by atoms with Gasteiger partial charge in [0.15, 0.2) is 5.06 Å². The fourth-order valence-electron chi connectivity index (χ4n) is 2.30. The van der Waals surface area contributed by atoms with E-state index in [1.54, 1.807) is 0 Å². The molecule has 0 saturated carbocycles. The van der Waals surface area contributed by atoms with Crippen LogP contribution >= 0.6 is 11.3 Å². The maximum Gasteiger partial charge on any atom is 0.285 e. The molecule has 0 unspecified atom stereocenters. The third kappa shape index (κ3) is 1.56. The van der Waals surface area contributed by atoms with E-state index < -0.39 is 23.5 Å². The number of nitrogens with zero attached hydrogens (tertiary/aromatic N) is 1. The summed E-state index contributed by atoms with van der Waals surface area (Å²) in [6.07, 6.45) is -0.525. The SMILES string of the molecule is O=C1CC[C@@](F)(N2Cc3c(csc3O)C2=O)C(=O)N1. The molecular weight excluding hydrogens is 275 g/mol. The maximum atomic E-state index is 14.7. The molecule has 0 bridgehead atoms. The Kier molecular flexibility index (Phi) is 2.40. The number of alkyl halides is 1. The molecule has 0 radical (unpaired) electrons. The monoisotopic (exact) mass is 284 g/mol. The van der Waals surface area contributed by atoms with Gasteiger partial charge >= 0.3 is 0 Å². The first-order valence-electron chi connectivity index (χ1n) is 5.58. The molecule has 2 aliphatic heterocycles. The number of thiophene rings is 1. The van der Waals surface area contributed by atoms with Gasteiger partial charge in [0, 0.05) is 23.8 Å². The van der Waals surface area contributed by atoms with Crippen molar-refractivity contribution in [1.29, 1.82) is 0 Å². The molecule has 2 N–H and O–H groups in total. The Balaban J connectivity index is 1.94. The van der Waals surface area contributed by atoms with Crippen LogP contribution in [0.1, 0.15) is 28.8 Å². The average Bonchev–Trinajstić information content (AvgIpc) is 2.87. The second-order valence-corrected chi connectivity index (χ2v) is 5.32. The number of imide groups is 1. The van der Waals surface area contributed by atoms with Crippen molar-refractivity contribution in [3.05, 3.63) is 16.5 Å². The molecule has 2 aliphatic rings. The zero-order valence-corrected chi connectivity index (χ0v) is 10.4. The minimum Gasteiger partial charge on any atom is -0.499 e. The molecule has 1 aromatic heterocycles. The highest BCUT2D eigenvalue weighted by Crippen LogP contribution is 2.41. The normalized spacial score (nSPS) is 26.6. The maximum absolute atomic E-state index is 14.7. The number of carbonyl (C=O) groups excluding carboxylic acids is 3. The summed E-state index contributed by atoms with van der Waals surface area (Å²) in [5, 5.41) is 12.8. The quantitative estimate of drug-likeness (QED) is 0.581. The standard InChI is InChI=1S/C11H9FN2O4S/c12-11(2-1-7(15)13-10(11)18)14-3-5-6(8(14)16)4-19-9(5)17/h4,17H,1-3H2,(H,13,15,18)/t11-/m1/s1. The van der Waals surface area contributed by atoms with Crippen molar-refractivity contribution in [2.24, 2.45) is 0 Å². The summed E-state index contributed by atoms with van der Waals surface area (Å²) in [7, 11) is 0. The highest BCUT2D eigenvalue weighted by molar-refractivity contribution is 7.12. The molecule has 19 heavy (non-hydrogen) atoms. The molecule has 6 nitrogen and oxygen atoms in total. The second-order valence-electron chi connectivity index (χ2n) is 4.46. The number of aromatic hydroxyl groups is 1. The van der Waals surface area contributed by atoms with E-state index in [9.17, 15) is 23.9 Å². The van der Waals surface area contributed by atoms with Crippen molar-refractivity contribution in [3.8, 4) is 5.06 Å². The Bertz CT molecular complexity index is 614. The Labute approximate surface area is 110 Å². The molecule has 3 amide bonds. The van der Waals surface area contributed by atoms with Gasteiger partial charge in [-0.05, 0) is 0 Å². The molecule has 1 atom stereocenters. The second kappa shape index (κ2) is 3.77. The molecule has 1 saturated heterocycles. The number of hydrogen-bond donors (Lipinski definition) is 2. The number of rotatable bonds is 1. The third-order valence-corrected chi connectivity index (χ3v) is 4.20. The molecule has 3 heterocycles. The van der Waals surface area contributed by atoms with Crippen LogP contribution in [0, 0.1) is 0 Å². The third-order valence-electron chi connectivity index (χ3n) is 3.38. The van der Waals surface area contributed by atoms with Crippen molar-refractivity contribution < 1.29 is 23.9 Å². The molecule has 0 aromatic carbocycles. The number of nitrogens with one attached hydrogen (secondary N) is 1. The van der Waals surface area contributed by atoms with E-state index in [1.807, 2.05) is 5.32 Å². The predicted octanol–water partition coefficient (Wildman–Crippen LogP) is 0.512. The van der Waals surface area contributed by atoms with Gasteiger partial charge in [0.2, 0.25) is 5.91 Å². The van der Waals surface area contributed by atoms with Crippen LogP contribution in [0.2, 0.25) is 0 Å². The highest BCUT2D eigenvalue weighted by atomic mass is 32.1. The molecule has 0 aliphatic carbocycles. The van der Waals surface area contributed by atoms with Crippen molar-refractivity contribution in [3.63, 3.8) is 0 Å². The van der Waals surface area contributed by atoms with Crippen molar-refractivity contribution >= 4 is 29.1 Å². The minimum atomic E-state index is -2.53. The fraction of sp³-hybridized carbons (Fsp3) is 0.364. The Morgan fingerprint density at radius 1 is 1.42 bits per heavy atom. The van der Waals surface area contributed by atoms with Gasteiger partial charge < -0.3 is 5.11 Å². The van der Waals surface area contributed by atoms with Crippen molar-refractivity contribution in [2.75, 3.05) is 0 Å². The van der Waals surface area contributed by atoms with Crippen LogP contribution in [0.3, 0.4) is 0 Å². The summed E-state index contributed by atoms with van der Waals surface area (Å²) in [4.78, 5) is 35.5. The van der Waals surface area contributed by atoms with Gasteiger partial charge in [-0.2, -0.15) is 0 Å². The van der Waals surface area contributed by atoms with E-state index in [2.05, 4.69) is 0 Å². The lowest BCUT2D eigenvalue weighted by molar-refractivity contribution is -0.154. The van der Waals surface area contributed by atoms with Crippen LogP contribution in [-0.4, -0.2) is 33.5 Å². The zero-order valence-electron chi connectivity index (χ0n) is 9.60. The van der Waals surface area contributed by atoms with E-state index in [0.717, 1.165) is 16.2 Å². The Hall–Kier alpha value is -1.96. The molecule has 100 valence electrons.